The average Bonchev–Trinajstić information content (AvgIpc) is 2.93. The first-order valence-corrected chi connectivity index (χ1v) is 8.67. The van der Waals surface area contributed by atoms with Gasteiger partial charge in [-0.3, -0.25) is 14.5 Å². The molecule has 1 aromatic heterocycles. The van der Waals surface area contributed by atoms with Crippen LogP contribution in [0.5, 0.6) is 0 Å². The summed E-state index contributed by atoms with van der Waals surface area (Å²) < 4.78 is 2.18. The highest BCUT2D eigenvalue weighted by Crippen LogP contribution is 2.17. The Bertz CT molecular complexity index is 715. The number of hydrogen-bond acceptors (Lipinski definition) is 4. The summed E-state index contributed by atoms with van der Waals surface area (Å²) in [7, 11) is 0. The van der Waals surface area contributed by atoms with Crippen molar-refractivity contribution in [1.29, 1.82) is 0 Å². The second-order valence-electron chi connectivity index (χ2n) is 5.68. The highest BCUT2D eigenvalue weighted by molar-refractivity contribution is 7.71. The Balaban J connectivity index is 2.02. The number of amides is 1. The Morgan fingerprint density at radius 1 is 1.29 bits per heavy atom. The molecule has 130 valence electrons. The molecule has 2 N–H and O–H groups in total. The lowest BCUT2D eigenvalue weighted by Gasteiger charge is -2.18. The molecule has 2 rings (SSSR count). The van der Waals surface area contributed by atoms with Gasteiger partial charge in [0.25, 0.3) is 0 Å². The summed E-state index contributed by atoms with van der Waals surface area (Å²) in [4.78, 5) is 14.5. The van der Waals surface area contributed by atoms with E-state index in [9.17, 15) is 4.79 Å². The lowest BCUT2D eigenvalue weighted by molar-refractivity contribution is -0.121. The van der Waals surface area contributed by atoms with Crippen LogP contribution in [0.15, 0.2) is 24.3 Å². The Labute approximate surface area is 147 Å². The largest absolute Gasteiger partial charge is 0.353 e. The number of carbonyl (C=O) groups is 1. The number of H-pyrrole nitrogens is 1. The maximum Gasteiger partial charge on any atom is 0.240 e. The maximum absolute atomic E-state index is 12.2. The van der Waals surface area contributed by atoms with Crippen molar-refractivity contribution in [3.05, 3.63) is 34.6 Å². The Kier molecular flexibility index (Phi) is 6.69. The fourth-order valence-corrected chi connectivity index (χ4v) is 2.68. The monoisotopic (exact) mass is 347 g/mol. The Morgan fingerprint density at radius 3 is 2.58 bits per heavy atom. The first kappa shape index (κ1) is 18.4. The number of aromatic nitrogens is 3. The van der Waals surface area contributed by atoms with Crippen molar-refractivity contribution in [2.45, 2.75) is 27.3 Å². The molecule has 2 aromatic rings. The van der Waals surface area contributed by atoms with Gasteiger partial charge in [-0.1, -0.05) is 43.7 Å². The predicted molar refractivity (Wildman–Crippen MR) is 98.4 cm³/mol. The van der Waals surface area contributed by atoms with Crippen molar-refractivity contribution < 1.29 is 4.79 Å². The van der Waals surface area contributed by atoms with Gasteiger partial charge in [0.2, 0.25) is 5.91 Å². The lowest BCUT2D eigenvalue weighted by atomic mass is 10.1. The number of rotatable bonds is 8. The molecule has 0 atom stereocenters. The Hall–Kier alpha value is -1.99. The second-order valence-corrected chi connectivity index (χ2v) is 6.07. The summed E-state index contributed by atoms with van der Waals surface area (Å²) in [6.45, 7) is 9.87. The van der Waals surface area contributed by atoms with Crippen molar-refractivity contribution in [2.75, 3.05) is 26.2 Å². The van der Waals surface area contributed by atoms with Crippen molar-refractivity contribution in [3.8, 4) is 11.4 Å². The van der Waals surface area contributed by atoms with E-state index in [1.54, 1.807) is 4.57 Å². The molecule has 0 aliphatic carbocycles. The molecule has 0 fully saturated rings. The molecule has 0 aliphatic rings. The molecule has 0 spiro atoms. The quantitative estimate of drug-likeness (QED) is 0.720. The van der Waals surface area contributed by atoms with Crippen LogP contribution in [0.4, 0.5) is 0 Å². The first-order chi connectivity index (χ1) is 11.5. The molecule has 1 aromatic carbocycles. The molecule has 0 bridgehead atoms. The third-order valence-electron chi connectivity index (χ3n) is 4.01. The molecule has 0 saturated heterocycles. The molecule has 0 unspecified atom stereocenters. The summed E-state index contributed by atoms with van der Waals surface area (Å²) in [5.41, 5.74) is 2.11. The van der Waals surface area contributed by atoms with E-state index in [4.69, 9.17) is 12.2 Å². The summed E-state index contributed by atoms with van der Waals surface area (Å²) in [5, 5.41) is 9.98. The number of nitrogens with one attached hydrogen (secondary N) is 2. The number of hydrogen-bond donors (Lipinski definition) is 2. The molecular formula is C17H25N5OS. The number of carbonyl (C=O) groups excluding carboxylic acids is 1. The van der Waals surface area contributed by atoms with Gasteiger partial charge >= 0.3 is 0 Å². The van der Waals surface area contributed by atoms with Crippen LogP contribution in [0.3, 0.4) is 0 Å². The van der Waals surface area contributed by atoms with Crippen LogP contribution in [0.25, 0.3) is 11.4 Å². The minimum absolute atomic E-state index is 0.0620. The predicted octanol–water partition coefficient (Wildman–Crippen LogP) is 2.37. The van der Waals surface area contributed by atoms with E-state index >= 15 is 0 Å². The van der Waals surface area contributed by atoms with Crippen molar-refractivity contribution in [2.24, 2.45) is 0 Å². The van der Waals surface area contributed by atoms with E-state index in [-0.39, 0.29) is 12.5 Å². The van der Waals surface area contributed by atoms with E-state index in [0.29, 0.717) is 17.1 Å². The summed E-state index contributed by atoms with van der Waals surface area (Å²) in [6.07, 6.45) is 0. The third kappa shape index (κ3) is 4.75. The van der Waals surface area contributed by atoms with Crippen LogP contribution in [0.2, 0.25) is 0 Å². The topological polar surface area (TPSA) is 66.0 Å². The molecule has 6 nitrogen and oxygen atoms in total. The van der Waals surface area contributed by atoms with Crippen molar-refractivity contribution in [1.82, 2.24) is 25.0 Å². The number of aromatic amines is 1. The third-order valence-corrected chi connectivity index (χ3v) is 4.33. The minimum atomic E-state index is -0.0620. The molecule has 0 radical (unpaired) electrons. The zero-order chi connectivity index (χ0) is 17.5. The van der Waals surface area contributed by atoms with Gasteiger partial charge in [-0.05, 0) is 32.2 Å². The summed E-state index contributed by atoms with van der Waals surface area (Å²) in [6, 6.07) is 7.99. The van der Waals surface area contributed by atoms with E-state index in [0.717, 1.165) is 25.2 Å². The molecule has 24 heavy (non-hydrogen) atoms. The fourth-order valence-electron chi connectivity index (χ4n) is 2.48. The highest BCUT2D eigenvalue weighted by atomic mass is 32.1. The van der Waals surface area contributed by atoms with E-state index < -0.39 is 0 Å². The Morgan fingerprint density at radius 2 is 1.96 bits per heavy atom. The molecule has 1 heterocycles. The van der Waals surface area contributed by atoms with Gasteiger partial charge in [-0.2, -0.15) is 5.10 Å². The van der Waals surface area contributed by atoms with Gasteiger partial charge in [0.15, 0.2) is 10.6 Å². The lowest BCUT2D eigenvalue weighted by Crippen LogP contribution is -2.36. The number of benzene rings is 1. The standard InChI is InChI=1S/C17H25N5OS/c1-4-21(5-2)11-10-18-15(23)12-22-16(19-20-17(22)24)14-8-6-13(3)7-9-14/h6-9H,4-5,10-12H2,1-3H3,(H,18,23)(H,20,24). The molecular weight excluding hydrogens is 322 g/mol. The van der Waals surface area contributed by atoms with Gasteiger partial charge in [-0.25, -0.2) is 0 Å². The maximum atomic E-state index is 12.2. The normalized spacial score (nSPS) is 11.0. The number of likely N-dealkylation sites (N-methyl/N-ethyl adjacent to an activating group) is 1. The van der Waals surface area contributed by atoms with E-state index in [2.05, 4.69) is 34.3 Å². The zero-order valence-corrected chi connectivity index (χ0v) is 15.3. The first-order valence-electron chi connectivity index (χ1n) is 8.26. The SMILES string of the molecule is CCN(CC)CCNC(=O)Cn1c(-c2ccc(C)cc2)n[nH]c1=S. The summed E-state index contributed by atoms with van der Waals surface area (Å²) >= 11 is 5.27. The summed E-state index contributed by atoms with van der Waals surface area (Å²) in [5.74, 6) is 0.618. The van der Waals surface area contributed by atoms with Crippen LogP contribution >= 0.6 is 12.2 Å². The van der Waals surface area contributed by atoms with Crippen LogP contribution in [-0.2, 0) is 11.3 Å². The van der Waals surface area contributed by atoms with Crippen LogP contribution in [0, 0.1) is 11.7 Å². The van der Waals surface area contributed by atoms with Gasteiger partial charge < -0.3 is 10.2 Å². The van der Waals surface area contributed by atoms with E-state index in [1.165, 1.54) is 5.56 Å². The van der Waals surface area contributed by atoms with Gasteiger partial charge in [0.05, 0.1) is 0 Å². The van der Waals surface area contributed by atoms with E-state index in [1.807, 2.05) is 31.2 Å². The fraction of sp³-hybridized carbons (Fsp3) is 0.471. The number of nitrogens with zero attached hydrogens (tertiary/aromatic N) is 3. The van der Waals surface area contributed by atoms with Gasteiger partial charge in [-0.15, -0.1) is 0 Å². The minimum Gasteiger partial charge on any atom is -0.353 e. The highest BCUT2D eigenvalue weighted by Gasteiger charge is 2.12. The molecule has 0 aliphatic heterocycles. The van der Waals surface area contributed by atoms with Crippen LogP contribution in [0.1, 0.15) is 19.4 Å². The van der Waals surface area contributed by atoms with Crippen molar-refractivity contribution >= 4 is 18.1 Å². The van der Waals surface area contributed by atoms with Crippen molar-refractivity contribution in [3.63, 3.8) is 0 Å². The average molecular weight is 347 g/mol. The molecule has 1 amide bonds. The molecule has 7 heteroatoms. The van der Waals surface area contributed by atoms with Crippen LogP contribution in [-0.4, -0.2) is 51.8 Å². The van der Waals surface area contributed by atoms with Gasteiger partial charge in [0.1, 0.15) is 6.54 Å². The molecule has 0 saturated carbocycles. The smallest absolute Gasteiger partial charge is 0.240 e. The van der Waals surface area contributed by atoms with Crippen LogP contribution < -0.4 is 5.32 Å². The van der Waals surface area contributed by atoms with Gasteiger partial charge in [0, 0.05) is 18.7 Å². The number of aryl methyl sites for hydroxylation is 1. The zero-order valence-electron chi connectivity index (χ0n) is 14.5. The second kappa shape index (κ2) is 8.75.